The van der Waals surface area contributed by atoms with Crippen molar-refractivity contribution in [3.05, 3.63) is 11.6 Å². The van der Waals surface area contributed by atoms with Crippen LogP contribution in [0.5, 0.6) is 0 Å². The van der Waals surface area contributed by atoms with Crippen molar-refractivity contribution in [2.45, 2.75) is 31.8 Å². The Morgan fingerprint density at radius 3 is 3.17 bits per heavy atom. The highest BCUT2D eigenvalue weighted by molar-refractivity contribution is 6.61. The van der Waals surface area contributed by atoms with E-state index in [1.54, 1.807) is 0 Å². The zero-order chi connectivity index (χ0) is 8.55. The van der Waals surface area contributed by atoms with Crippen LogP contribution in [0.1, 0.15) is 25.7 Å². The van der Waals surface area contributed by atoms with E-state index in [1.165, 1.54) is 24.8 Å². The number of fused-ring (bicyclic) bond motifs is 1. The lowest BCUT2D eigenvalue weighted by atomic mass is 10.1. The molecule has 2 unspecified atom stereocenters. The van der Waals surface area contributed by atoms with Gasteiger partial charge >= 0.3 is 5.43 Å². The van der Waals surface area contributed by atoms with Crippen LogP contribution >= 0.6 is 11.6 Å². The Balaban J connectivity index is 1.97. The second kappa shape index (κ2) is 3.09. The summed E-state index contributed by atoms with van der Waals surface area (Å²) in [6.07, 6.45) is 6.70. The van der Waals surface area contributed by atoms with Crippen molar-refractivity contribution >= 4 is 17.0 Å². The van der Waals surface area contributed by atoms with Crippen molar-refractivity contribution in [1.82, 2.24) is 0 Å². The molecular formula is C9H11ClO2. The van der Waals surface area contributed by atoms with Crippen LogP contribution in [0.15, 0.2) is 11.6 Å². The van der Waals surface area contributed by atoms with E-state index < -0.39 is 5.43 Å². The molecule has 0 aliphatic heterocycles. The van der Waals surface area contributed by atoms with Gasteiger partial charge in [-0.05, 0) is 37.7 Å². The highest BCUT2D eigenvalue weighted by Gasteiger charge is 2.31. The number of carbonyl (C=O) groups is 1. The molecule has 2 aliphatic carbocycles. The highest BCUT2D eigenvalue weighted by Crippen LogP contribution is 2.40. The third kappa shape index (κ3) is 1.48. The van der Waals surface area contributed by atoms with Gasteiger partial charge in [-0.2, -0.15) is 0 Å². The summed E-state index contributed by atoms with van der Waals surface area (Å²) in [5.41, 5.74) is 0.787. The van der Waals surface area contributed by atoms with Crippen LogP contribution in [0, 0.1) is 5.92 Å². The largest absolute Gasteiger partial charge is 0.446 e. The number of carbonyl (C=O) groups excluding carboxylic acids is 1. The van der Waals surface area contributed by atoms with Gasteiger partial charge in [-0.15, -0.1) is 0 Å². The van der Waals surface area contributed by atoms with Crippen molar-refractivity contribution in [3.8, 4) is 0 Å². The SMILES string of the molecule is O=C(Cl)OC1C=C2CCCC2C1. The van der Waals surface area contributed by atoms with Crippen molar-refractivity contribution in [2.24, 2.45) is 5.92 Å². The molecule has 0 bridgehead atoms. The average Bonchev–Trinajstić information content (AvgIpc) is 2.43. The first-order valence-corrected chi connectivity index (χ1v) is 4.70. The predicted octanol–water partition coefficient (Wildman–Crippen LogP) is 2.86. The fourth-order valence-electron chi connectivity index (χ4n) is 2.22. The third-order valence-electron chi connectivity index (χ3n) is 2.70. The number of ether oxygens (including phenoxy) is 1. The summed E-state index contributed by atoms with van der Waals surface area (Å²) in [4.78, 5) is 10.4. The average molecular weight is 187 g/mol. The van der Waals surface area contributed by atoms with Gasteiger partial charge in [-0.1, -0.05) is 5.57 Å². The number of hydrogen-bond acceptors (Lipinski definition) is 2. The molecule has 0 aromatic carbocycles. The molecule has 0 saturated heterocycles. The summed E-state index contributed by atoms with van der Waals surface area (Å²) in [7, 11) is 0. The van der Waals surface area contributed by atoms with E-state index in [0.717, 1.165) is 6.42 Å². The van der Waals surface area contributed by atoms with E-state index in [1.807, 2.05) is 0 Å². The fourth-order valence-corrected chi connectivity index (χ4v) is 2.33. The molecule has 2 atom stereocenters. The Labute approximate surface area is 76.5 Å². The Kier molecular flexibility index (Phi) is 2.09. The van der Waals surface area contributed by atoms with Crippen LogP contribution in [0.2, 0.25) is 0 Å². The van der Waals surface area contributed by atoms with Gasteiger partial charge in [0.05, 0.1) is 0 Å². The van der Waals surface area contributed by atoms with E-state index >= 15 is 0 Å². The van der Waals surface area contributed by atoms with Gasteiger partial charge < -0.3 is 4.74 Å². The van der Waals surface area contributed by atoms with Crippen LogP contribution in [-0.4, -0.2) is 11.5 Å². The van der Waals surface area contributed by atoms with E-state index in [-0.39, 0.29) is 6.10 Å². The first-order valence-electron chi connectivity index (χ1n) is 4.32. The maximum absolute atomic E-state index is 10.4. The van der Waals surface area contributed by atoms with Crippen LogP contribution in [0.4, 0.5) is 4.79 Å². The topological polar surface area (TPSA) is 26.3 Å². The zero-order valence-corrected chi connectivity index (χ0v) is 7.51. The molecule has 2 aliphatic rings. The molecule has 1 saturated carbocycles. The van der Waals surface area contributed by atoms with Gasteiger partial charge in [0.1, 0.15) is 6.10 Å². The molecular weight excluding hydrogens is 176 g/mol. The number of halogens is 1. The van der Waals surface area contributed by atoms with Gasteiger partial charge in [-0.25, -0.2) is 4.79 Å². The summed E-state index contributed by atoms with van der Waals surface area (Å²) in [6, 6.07) is 0. The minimum atomic E-state index is -0.683. The lowest BCUT2D eigenvalue weighted by molar-refractivity contribution is 0.140. The molecule has 0 amide bonds. The van der Waals surface area contributed by atoms with Crippen molar-refractivity contribution in [1.29, 1.82) is 0 Å². The molecule has 0 spiro atoms. The number of rotatable bonds is 1. The summed E-state index contributed by atoms with van der Waals surface area (Å²) in [5.74, 6) is 0.672. The molecule has 3 heteroatoms. The molecule has 0 heterocycles. The molecule has 2 nitrogen and oxygen atoms in total. The Morgan fingerprint density at radius 1 is 1.67 bits per heavy atom. The summed E-state index contributed by atoms with van der Waals surface area (Å²) in [5, 5.41) is 0. The van der Waals surface area contributed by atoms with Gasteiger partial charge in [-0.3, -0.25) is 0 Å². The van der Waals surface area contributed by atoms with Crippen LogP contribution in [0.3, 0.4) is 0 Å². The monoisotopic (exact) mass is 186 g/mol. The van der Waals surface area contributed by atoms with Crippen LogP contribution in [-0.2, 0) is 4.74 Å². The fraction of sp³-hybridized carbons (Fsp3) is 0.667. The maximum Gasteiger partial charge on any atom is 0.404 e. The normalized spacial score (nSPS) is 32.9. The minimum Gasteiger partial charge on any atom is -0.446 e. The van der Waals surface area contributed by atoms with E-state index in [9.17, 15) is 4.79 Å². The summed E-state index contributed by atoms with van der Waals surface area (Å²) in [6.45, 7) is 0. The number of hydrogen-bond donors (Lipinski definition) is 0. The molecule has 0 radical (unpaired) electrons. The maximum atomic E-state index is 10.4. The van der Waals surface area contributed by atoms with Crippen LogP contribution < -0.4 is 0 Å². The smallest absolute Gasteiger partial charge is 0.404 e. The van der Waals surface area contributed by atoms with Crippen molar-refractivity contribution in [3.63, 3.8) is 0 Å². The van der Waals surface area contributed by atoms with E-state index in [4.69, 9.17) is 16.3 Å². The molecule has 12 heavy (non-hydrogen) atoms. The van der Waals surface area contributed by atoms with Gasteiger partial charge in [0.15, 0.2) is 0 Å². The third-order valence-corrected chi connectivity index (χ3v) is 2.79. The van der Waals surface area contributed by atoms with E-state index in [0.29, 0.717) is 5.92 Å². The predicted molar refractivity (Wildman–Crippen MR) is 46.2 cm³/mol. The summed E-state index contributed by atoms with van der Waals surface area (Å²) >= 11 is 5.12. The standard InChI is InChI=1S/C9H11ClO2/c10-9(11)12-8-4-6-2-1-3-7(6)5-8/h4,7-8H,1-3,5H2. The molecule has 0 N–H and O–H groups in total. The Bertz CT molecular complexity index is 235. The van der Waals surface area contributed by atoms with E-state index in [2.05, 4.69) is 6.08 Å². The zero-order valence-electron chi connectivity index (χ0n) is 6.75. The van der Waals surface area contributed by atoms with Crippen LogP contribution in [0.25, 0.3) is 0 Å². The Morgan fingerprint density at radius 2 is 2.50 bits per heavy atom. The quantitative estimate of drug-likeness (QED) is 0.465. The second-order valence-electron chi connectivity index (χ2n) is 3.46. The van der Waals surface area contributed by atoms with Crippen molar-refractivity contribution < 1.29 is 9.53 Å². The van der Waals surface area contributed by atoms with Gasteiger partial charge in [0.25, 0.3) is 0 Å². The number of allylic oxidation sites excluding steroid dienone is 1. The lowest BCUT2D eigenvalue weighted by Crippen LogP contribution is -2.09. The highest BCUT2D eigenvalue weighted by atomic mass is 35.5. The molecule has 1 fully saturated rings. The Hall–Kier alpha value is -0.500. The van der Waals surface area contributed by atoms with Crippen molar-refractivity contribution in [2.75, 3.05) is 0 Å². The first-order chi connectivity index (χ1) is 5.75. The molecule has 0 aromatic rings. The first kappa shape index (κ1) is 8.11. The summed E-state index contributed by atoms with van der Waals surface area (Å²) < 4.78 is 4.90. The molecule has 0 aromatic heterocycles. The lowest BCUT2D eigenvalue weighted by Gasteiger charge is -2.08. The molecule has 66 valence electrons. The molecule has 2 rings (SSSR count). The van der Waals surface area contributed by atoms with Gasteiger partial charge in [0.2, 0.25) is 0 Å². The minimum absolute atomic E-state index is 0.0460. The van der Waals surface area contributed by atoms with Gasteiger partial charge in [0, 0.05) is 11.6 Å². The second-order valence-corrected chi connectivity index (χ2v) is 3.77.